The Labute approximate surface area is 161 Å². The molecule has 27 heavy (non-hydrogen) atoms. The topological polar surface area (TPSA) is 84.7 Å². The fourth-order valence-electron chi connectivity index (χ4n) is 4.48. The molecule has 2 saturated heterocycles. The van der Waals surface area contributed by atoms with Crippen LogP contribution in [0.5, 0.6) is 0 Å². The maximum absolute atomic E-state index is 10.3. The van der Waals surface area contributed by atoms with Crippen molar-refractivity contribution in [1.82, 2.24) is 25.2 Å². The Morgan fingerprint density at radius 2 is 2.00 bits per heavy atom. The zero-order valence-corrected chi connectivity index (χ0v) is 16.1. The minimum absolute atomic E-state index is 0.0289. The van der Waals surface area contributed by atoms with Gasteiger partial charge in [-0.05, 0) is 25.3 Å². The molecule has 1 aliphatic carbocycles. The largest absolute Gasteiger partial charge is 0.389 e. The molecule has 8 heteroatoms. The van der Waals surface area contributed by atoms with Gasteiger partial charge in [-0.15, -0.1) is 5.10 Å². The second-order valence-electron chi connectivity index (χ2n) is 8.20. The fraction of sp³-hybridized carbons (Fsp3) is 0.895. The van der Waals surface area contributed by atoms with E-state index in [-0.39, 0.29) is 12.1 Å². The van der Waals surface area contributed by atoms with E-state index in [1.165, 1.54) is 32.1 Å². The molecule has 0 bridgehead atoms. The van der Waals surface area contributed by atoms with Gasteiger partial charge >= 0.3 is 0 Å². The van der Waals surface area contributed by atoms with Crippen LogP contribution < -0.4 is 5.32 Å². The first-order valence-electron chi connectivity index (χ1n) is 10.5. The van der Waals surface area contributed by atoms with Gasteiger partial charge in [-0.3, -0.25) is 4.90 Å². The van der Waals surface area contributed by atoms with Gasteiger partial charge in [0, 0.05) is 25.8 Å². The minimum atomic E-state index is -0.449. The van der Waals surface area contributed by atoms with E-state index in [1.54, 1.807) is 0 Å². The highest BCUT2D eigenvalue weighted by Crippen LogP contribution is 2.24. The number of rotatable bonds is 7. The van der Waals surface area contributed by atoms with Gasteiger partial charge in [0.1, 0.15) is 0 Å². The minimum Gasteiger partial charge on any atom is -0.389 e. The Bertz CT molecular complexity index is 571. The van der Waals surface area contributed by atoms with Crippen molar-refractivity contribution >= 4 is 0 Å². The third-order valence-electron chi connectivity index (χ3n) is 6.11. The first kappa shape index (κ1) is 19.3. The van der Waals surface area contributed by atoms with Crippen molar-refractivity contribution in [1.29, 1.82) is 0 Å². The molecule has 0 amide bonds. The summed E-state index contributed by atoms with van der Waals surface area (Å²) >= 11 is 0. The number of aliphatic hydroxyl groups is 1. The van der Waals surface area contributed by atoms with Crippen LogP contribution in [-0.2, 0) is 22.6 Å². The molecule has 4 rings (SSSR count). The molecule has 0 unspecified atom stereocenters. The van der Waals surface area contributed by atoms with Gasteiger partial charge in [-0.25, -0.2) is 4.68 Å². The maximum Gasteiger partial charge on any atom is 0.0967 e. The predicted molar refractivity (Wildman–Crippen MR) is 100 cm³/mol. The van der Waals surface area contributed by atoms with Crippen LogP contribution in [0.1, 0.15) is 37.8 Å². The molecule has 2 N–H and O–H groups in total. The lowest BCUT2D eigenvalue weighted by Crippen LogP contribution is -2.47. The highest BCUT2D eigenvalue weighted by atomic mass is 16.5. The van der Waals surface area contributed by atoms with Crippen molar-refractivity contribution in [3.05, 3.63) is 11.9 Å². The first-order chi connectivity index (χ1) is 13.3. The van der Waals surface area contributed by atoms with Crippen molar-refractivity contribution in [2.75, 3.05) is 39.5 Å². The molecule has 152 valence electrons. The molecule has 0 aromatic carbocycles. The van der Waals surface area contributed by atoms with E-state index in [0.717, 1.165) is 51.0 Å². The first-order valence-corrected chi connectivity index (χ1v) is 10.5. The number of ether oxygens (including phenoxy) is 2. The molecule has 1 saturated carbocycles. The van der Waals surface area contributed by atoms with Gasteiger partial charge in [0.2, 0.25) is 0 Å². The number of morpholine rings is 1. The van der Waals surface area contributed by atoms with Crippen LogP contribution in [0.2, 0.25) is 0 Å². The van der Waals surface area contributed by atoms with E-state index in [1.807, 2.05) is 10.9 Å². The molecule has 3 fully saturated rings. The van der Waals surface area contributed by atoms with Crippen molar-refractivity contribution in [3.8, 4) is 0 Å². The Balaban J connectivity index is 1.28. The molecule has 1 aromatic rings. The molecule has 8 nitrogen and oxygen atoms in total. The summed E-state index contributed by atoms with van der Waals surface area (Å²) in [6.07, 6.45) is 8.13. The van der Waals surface area contributed by atoms with Gasteiger partial charge in [0.25, 0.3) is 0 Å². The molecule has 0 radical (unpaired) electrons. The number of nitrogens with zero attached hydrogens (tertiary/aromatic N) is 4. The maximum atomic E-state index is 10.3. The zero-order valence-electron chi connectivity index (χ0n) is 16.1. The average molecular weight is 380 g/mol. The highest BCUT2D eigenvalue weighted by Gasteiger charge is 2.36. The molecular weight excluding hydrogens is 346 g/mol. The van der Waals surface area contributed by atoms with E-state index in [2.05, 4.69) is 20.5 Å². The number of aliphatic hydroxyl groups excluding tert-OH is 1. The molecule has 2 aliphatic heterocycles. The van der Waals surface area contributed by atoms with Gasteiger partial charge < -0.3 is 19.9 Å². The van der Waals surface area contributed by atoms with Crippen LogP contribution in [0.15, 0.2) is 6.20 Å². The molecule has 3 heterocycles. The van der Waals surface area contributed by atoms with Crippen LogP contribution in [0.4, 0.5) is 0 Å². The molecule has 3 atom stereocenters. The van der Waals surface area contributed by atoms with Crippen molar-refractivity contribution < 1.29 is 14.6 Å². The summed E-state index contributed by atoms with van der Waals surface area (Å²) in [5, 5.41) is 22.5. The summed E-state index contributed by atoms with van der Waals surface area (Å²) in [6, 6.07) is -0.0289. The van der Waals surface area contributed by atoms with Crippen LogP contribution >= 0.6 is 0 Å². The number of hydrogen-bond donors (Lipinski definition) is 2. The van der Waals surface area contributed by atoms with Crippen LogP contribution in [0.25, 0.3) is 0 Å². The normalized spacial score (nSPS) is 30.8. The van der Waals surface area contributed by atoms with E-state index in [9.17, 15) is 5.11 Å². The zero-order chi connectivity index (χ0) is 18.5. The number of aromatic nitrogens is 3. The standard InChI is InChI=1S/C19H33N5O3/c25-17-14-27-18(19(17)20-10-15-4-2-1-3-5-15)13-24-12-16(21-22-24)11-23-6-8-26-9-7-23/h12,15,17-20,25H,1-11,13-14H2/t17-,18+,19+/m0/s1. The van der Waals surface area contributed by atoms with E-state index in [0.29, 0.717) is 13.2 Å². The lowest BCUT2D eigenvalue weighted by atomic mass is 9.89. The highest BCUT2D eigenvalue weighted by molar-refractivity contribution is 4.95. The molecule has 0 spiro atoms. The summed E-state index contributed by atoms with van der Waals surface area (Å²) in [4.78, 5) is 2.34. The smallest absolute Gasteiger partial charge is 0.0967 e. The van der Waals surface area contributed by atoms with Crippen molar-refractivity contribution in [3.63, 3.8) is 0 Å². The monoisotopic (exact) mass is 379 g/mol. The molecular formula is C19H33N5O3. The van der Waals surface area contributed by atoms with Crippen LogP contribution in [0.3, 0.4) is 0 Å². The fourth-order valence-corrected chi connectivity index (χ4v) is 4.48. The van der Waals surface area contributed by atoms with E-state index >= 15 is 0 Å². The molecule has 1 aromatic heterocycles. The third kappa shape index (κ3) is 5.26. The Kier molecular flexibility index (Phi) is 6.73. The lowest BCUT2D eigenvalue weighted by molar-refractivity contribution is 0.0336. The van der Waals surface area contributed by atoms with E-state index < -0.39 is 6.10 Å². The predicted octanol–water partition coefficient (Wildman–Crippen LogP) is 0.409. The second kappa shape index (κ2) is 9.43. The summed E-state index contributed by atoms with van der Waals surface area (Å²) in [5.74, 6) is 0.735. The van der Waals surface area contributed by atoms with Crippen molar-refractivity contribution in [2.45, 2.75) is 63.4 Å². The number of nitrogens with one attached hydrogen (secondary N) is 1. The van der Waals surface area contributed by atoms with Crippen LogP contribution in [0, 0.1) is 5.92 Å². The quantitative estimate of drug-likeness (QED) is 0.710. The van der Waals surface area contributed by atoms with Gasteiger partial charge in [-0.1, -0.05) is 24.5 Å². The summed E-state index contributed by atoms with van der Waals surface area (Å²) in [6.45, 7) is 6.25. The van der Waals surface area contributed by atoms with Gasteiger partial charge in [-0.2, -0.15) is 0 Å². The Morgan fingerprint density at radius 1 is 1.19 bits per heavy atom. The second-order valence-corrected chi connectivity index (χ2v) is 8.20. The Hall–Kier alpha value is -1.06. The average Bonchev–Trinajstić information content (AvgIpc) is 3.28. The lowest BCUT2D eigenvalue weighted by Gasteiger charge is -2.27. The van der Waals surface area contributed by atoms with Gasteiger partial charge in [0.05, 0.1) is 50.3 Å². The summed E-state index contributed by atoms with van der Waals surface area (Å²) < 4.78 is 13.1. The van der Waals surface area contributed by atoms with E-state index in [4.69, 9.17) is 9.47 Å². The number of hydrogen-bond acceptors (Lipinski definition) is 7. The Morgan fingerprint density at radius 3 is 2.81 bits per heavy atom. The molecule has 3 aliphatic rings. The van der Waals surface area contributed by atoms with Crippen molar-refractivity contribution in [2.24, 2.45) is 5.92 Å². The summed E-state index contributed by atoms with van der Waals surface area (Å²) in [7, 11) is 0. The summed E-state index contributed by atoms with van der Waals surface area (Å²) in [5.41, 5.74) is 0.974. The third-order valence-corrected chi connectivity index (χ3v) is 6.11. The SMILES string of the molecule is O[C@H]1CO[C@H](Cn2cc(CN3CCOCC3)nn2)[C@@H]1NCC1CCCCC1. The van der Waals surface area contributed by atoms with Crippen LogP contribution in [-0.4, -0.2) is 82.7 Å². The van der Waals surface area contributed by atoms with Gasteiger partial charge in [0.15, 0.2) is 0 Å².